The molecular weight excluding hydrogens is 517 g/mol. The number of rotatable bonds is 10. The number of halogens is 1. The van der Waals surface area contributed by atoms with Crippen LogP contribution in [0.3, 0.4) is 0 Å². The molecule has 0 radical (unpaired) electrons. The number of anilines is 1. The molecule has 9 heteroatoms. The average Bonchev–Trinajstić information content (AvgIpc) is 2.88. The Morgan fingerprint density at radius 2 is 1.51 bits per heavy atom. The van der Waals surface area contributed by atoms with Crippen molar-refractivity contribution in [2.75, 3.05) is 10.8 Å². The minimum absolute atomic E-state index is 0.0751. The Morgan fingerprint density at radius 1 is 0.923 bits per heavy atom. The van der Waals surface area contributed by atoms with E-state index in [0.29, 0.717) is 6.42 Å². The first-order valence-corrected chi connectivity index (χ1v) is 14.3. The number of sulfonamides is 1. The summed E-state index contributed by atoms with van der Waals surface area (Å²) in [5.41, 5.74) is 1.02. The van der Waals surface area contributed by atoms with Crippen LogP contribution in [0.4, 0.5) is 10.1 Å². The predicted molar refractivity (Wildman–Crippen MR) is 151 cm³/mol. The molecule has 0 aliphatic carbocycles. The highest BCUT2D eigenvalue weighted by molar-refractivity contribution is 7.92. The van der Waals surface area contributed by atoms with Gasteiger partial charge in [0, 0.05) is 12.1 Å². The molecular formula is C30H36FN3O4S. The Labute approximate surface area is 230 Å². The molecule has 0 unspecified atom stereocenters. The van der Waals surface area contributed by atoms with Crippen molar-refractivity contribution in [2.45, 2.75) is 64.1 Å². The van der Waals surface area contributed by atoms with Gasteiger partial charge >= 0.3 is 0 Å². The molecule has 7 nitrogen and oxygen atoms in total. The SMILES string of the molecule is CC[C@H](C(=O)NC(C)(C)C)N(Cc1ccc(C)cc1)C(=O)CN(c1ccccc1F)S(=O)(=O)c1ccccc1. The summed E-state index contributed by atoms with van der Waals surface area (Å²) in [5.74, 6) is -1.77. The van der Waals surface area contributed by atoms with E-state index in [1.165, 1.54) is 35.2 Å². The van der Waals surface area contributed by atoms with E-state index in [1.807, 2.05) is 52.0 Å². The molecule has 39 heavy (non-hydrogen) atoms. The van der Waals surface area contributed by atoms with Crippen LogP contribution in [0, 0.1) is 12.7 Å². The van der Waals surface area contributed by atoms with Crippen LogP contribution in [0.1, 0.15) is 45.2 Å². The van der Waals surface area contributed by atoms with E-state index in [-0.39, 0.29) is 23.0 Å². The zero-order valence-electron chi connectivity index (χ0n) is 23.0. The number of aryl methyl sites for hydroxylation is 1. The second-order valence-electron chi connectivity index (χ2n) is 10.4. The third-order valence-corrected chi connectivity index (χ3v) is 7.86. The third-order valence-electron chi connectivity index (χ3n) is 6.09. The van der Waals surface area contributed by atoms with E-state index in [2.05, 4.69) is 5.32 Å². The number of carbonyl (C=O) groups is 2. The minimum Gasteiger partial charge on any atom is -0.350 e. The Balaban J connectivity index is 2.07. The third kappa shape index (κ3) is 7.66. The van der Waals surface area contributed by atoms with Crippen molar-refractivity contribution >= 4 is 27.5 Å². The molecule has 1 N–H and O–H groups in total. The molecule has 1 atom stereocenters. The molecule has 2 amide bonds. The quantitative estimate of drug-likeness (QED) is 0.381. The Morgan fingerprint density at radius 3 is 2.08 bits per heavy atom. The molecule has 0 saturated carbocycles. The van der Waals surface area contributed by atoms with Gasteiger partial charge in [0.15, 0.2) is 0 Å². The molecule has 0 spiro atoms. The van der Waals surface area contributed by atoms with Crippen LogP contribution in [-0.2, 0) is 26.2 Å². The second-order valence-corrected chi connectivity index (χ2v) is 12.3. The average molecular weight is 554 g/mol. The molecule has 0 fully saturated rings. The molecule has 3 aromatic rings. The lowest BCUT2D eigenvalue weighted by atomic mass is 10.1. The number of benzene rings is 3. The van der Waals surface area contributed by atoms with Crippen molar-refractivity contribution in [3.05, 3.63) is 95.8 Å². The molecule has 0 aromatic heterocycles. The normalized spacial score (nSPS) is 12.5. The second kappa shape index (κ2) is 12.4. The molecule has 0 aliphatic heterocycles. The highest BCUT2D eigenvalue weighted by Crippen LogP contribution is 2.27. The Hall–Kier alpha value is -3.72. The highest BCUT2D eigenvalue weighted by Gasteiger charge is 2.35. The van der Waals surface area contributed by atoms with E-state index >= 15 is 0 Å². The lowest BCUT2D eigenvalue weighted by Crippen LogP contribution is -2.55. The monoisotopic (exact) mass is 553 g/mol. The fourth-order valence-electron chi connectivity index (χ4n) is 4.15. The fraction of sp³-hybridized carbons (Fsp3) is 0.333. The number of carbonyl (C=O) groups excluding carboxylic acids is 2. The summed E-state index contributed by atoms with van der Waals surface area (Å²) < 4.78 is 43.2. The molecule has 0 bridgehead atoms. The van der Waals surface area contributed by atoms with E-state index in [9.17, 15) is 22.4 Å². The van der Waals surface area contributed by atoms with Gasteiger partial charge in [-0.3, -0.25) is 13.9 Å². The summed E-state index contributed by atoms with van der Waals surface area (Å²) in [6, 6.07) is 19.6. The van der Waals surface area contributed by atoms with Gasteiger partial charge in [-0.25, -0.2) is 12.8 Å². The minimum atomic E-state index is -4.32. The largest absolute Gasteiger partial charge is 0.350 e. The first kappa shape index (κ1) is 29.8. The lowest BCUT2D eigenvalue weighted by molar-refractivity contribution is -0.141. The number of hydrogen-bond acceptors (Lipinski definition) is 4. The summed E-state index contributed by atoms with van der Waals surface area (Å²) in [5, 5.41) is 2.93. The van der Waals surface area contributed by atoms with Gasteiger partial charge in [-0.2, -0.15) is 0 Å². The molecule has 0 saturated heterocycles. The number of hydrogen-bond donors (Lipinski definition) is 1. The zero-order valence-corrected chi connectivity index (χ0v) is 23.8. The summed E-state index contributed by atoms with van der Waals surface area (Å²) in [4.78, 5) is 28.6. The highest BCUT2D eigenvalue weighted by atomic mass is 32.2. The van der Waals surface area contributed by atoms with Crippen LogP contribution in [0.2, 0.25) is 0 Å². The summed E-state index contributed by atoms with van der Waals surface area (Å²) >= 11 is 0. The maximum Gasteiger partial charge on any atom is 0.264 e. The van der Waals surface area contributed by atoms with Gasteiger partial charge < -0.3 is 10.2 Å². The van der Waals surface area contributed by atoms with Crippen LogP contribution in [0.5, 0.6) is 0 Å². The van der Waals surface area contributed by atoms with Gasteiger partial charge in [0.05, 0.1) is 10.6 Å². The molecule has 3 aromatic carbocycles. The van der Waals surface area contributed by atoms with Gasteiger partial charge in [-0.05, 0) is 63.9 Å². The zero-order chi connectivity index (χ0) is 28.8. The lowest BCUT2D eigenvalue weighted by Gasteiger charge is -2.34. The van der Waals surface area contributed by atoms with Crippen molar-refractivity contribution < 1.29 is 22.4 Å². The van der Waals surface area contributed by atoms with E-state index in [4.69, 9.17) is 0 Å². The molecule has 0 heterocycles. The number of amides is 2. The van der Waals surface area contributed by atoms with Crippen molar-refractivity contribution in [3.63, 3.8) is 0 Å². The summed E-state index contributed by atoms with van der Waals surface area (Å²) in [7, 11) is -4.32. The van der Waals surface area contributed by atoms with Gasteiger partial charge in [0.1, 0.15) is 18.4 Å². The summed E-state index contributed by atoms with van der Waals surface area (Å²) in [6.45, 7) is 8.65. The molecule has 0 aliphatic rings. The van der Waals surface area contributed by atoms with Gasteiger partial charge in [-0.1, -0.05) is 67.1 Å². The van der Waals surface area contributed by atoms with Crippen LogP contribution < -0.4 is 9.62 Å². The van der Waals surface area contributed by atoms with Gasteiger partial charge in [0.2, 0.25) is 11.8 Å². The summed E-state index contributed by atoms with van der Waals surface area (Å²) in [6.07, 6.45) is 0.296. The maximum atomic E-state index is 15.0. The van der Waals surface area contributed by atoms with Crippen LogP contribution in [-0.4, -0.2) is 43.3 Å². The Kier molecular flexibility index (Phi) is 9.50. The first-order valence-electron chi connectivity index (χ1n) is 12.8. The fourth-order valence-corrected chi connectivity index (χ4v) is 5.59. The van der Waals surface area contributed by atoms with Crippen LogP contribution in [0.15, 0.2) is 83.8 Å². The van der Waals surface area contributed by atoms with Crippen LogP contribution in [0.25, 0.3) is 0 Å². The van der Waals surface area contributed by atoms with E-state index in [0.717, 1.165) is 21.5 Å². The van der Waals surface area contributed by atoms with Crippen molar-refractivity contribution in [3.8, 4) is 0 Å². The van der Waals surface area contributed by atoms with Crippen molar-refractivity contribution in [1.82, 2.24) is 10.2 Å². The molecule has 208 valence electrons. The van der Waals surface area contributed by atoms with Gasteiger partial charge in [-0.15, -0.1) is 0 Å². The number of nitrogens with one attached hydrogen (secondary N) is 1. The molecule has 3 rings (SSSR count). The smallest absolute Gasteiger partial charge is 0.264 e. The number of para-hydroxylation sites is 1. The van der Waals surface area contributed by atoms with E-state index in [1.54, 1.807) is 25.1 Å². The standard InChI is InChI=1S/C30H36FN3O4S/c1-6-26(29(36)32-30(3,4)5)33(20-23-18-16-22(2)17-19-23)28(35)21-34(27-15-11-10-14-25(27)31)39(37,38)24-12-8-7-9-13-24/h7-19,26H,6,20-21H2,1-5H3,(H,32,36)/t26-/m1/s1. The van der Waals surface area contributed by atoms with Crippen LogP contribution >= 0.6 is 0 Å². The predicted octanol–water partition coefficient (Wildman–Crippen LogP) is 5.05. The Bertz CT molecular complexity index is 1390. The van der Waals surface area contributed by atoms with Crippen molar-refractivity contribution in [1.29, 1.82) is 0 Å². The van der Waals surface area contributed by atoms with Crippen molar-refractivity contribution in [2.24, 2.45) is 0 Å². The van der Waals surface area contributed by atoms with Gasteiger partial charge in [0.25, 0.3) is 10.0 Å². The first-order chi connectivity index (χ1) is 18.3. The van der Waals surface area contributed by atoms with E-state index < -0.39 is 39.9 Å². The topological polar surface area (TPSA) is 86.8 Å². The number of nitrogens with zero attached hydrogens (tertiary/aromatic N) is 2. The maximum absolute atomic E-state index is 15.0.